The van der Waals surface area contributed by atoms with Gasteiger partial charge in [0.15, 0.2) is 6.61 Å². The van der Waals surface area contributed by atoms with Gasteiger partial charge in [-0.15, -0.1) is 0 Å². The quantitative estimate of drug-likeness (QED) is 0.922. The maximum absolute atomic E-state index is 12.1. The average molecular weight is 322 g/mol. The van der Waals surface area contributed by atoms with Crippen molar-refractivity contribution in [3.63, 3.8) is 0 Å². The van der Waals surface area contributed by atoms with Crippen LogP contribution in [0.1, 0.15) is 0 Å². The summed E-state index contributed by atoms with van der Waals surface area (Å²) in [4.78, 5) is 14.5. The molecule has 3 nitrogen and oxygen atoms in total. The lowest BCUT2D eigenvalue weighted by Gasteiger charge is -2.11. The Morgan fingerprint density at radius 1 is 1.33 bits per heavy atom. The molecule has 0 atom stereocenters. The third kappa shape index (κ3) is 2.66. The normalized spacial score (nSPS) is 11.8. The summed E-state index contributed by atoms with van der Waals surface area (Å²) in [5.74, 6) is -0.00516. The van der Waals surface area contributed by atoms with E-state index < -0.39 is 12.8 Å². The lowest BCUT2D eigenvalue weighted by Crippen LogP contribution is -2.19. The Morgan fingerprint density at radius 3 is 2.72 bits per heavy atom. The summed E-state index contributed by atoms with van der Waals surface area (Å²) >= 11 is 3.05. The van der Waals surface area contributed by atoms with Crippen LogP contribution in [0.2, 0.25) is 0 Å². The van der Waals surface area contributed by atoms with Crippen LogP contribution in [0.25, 0.3) is 10.9 Å². The molecule has 0 fully saturated rings. The summed E-state index contributed by atoms with van der Waals surface area (Å²) in [6.45, 7) is -1.40. The second kappa shape index (κ2) is 4.64. The number of aromatic nitrogens is 1. The van der Waals surface area contributed by atoms with Gasteiger partial charge in [0.05, 0.1) is 15.4 Å². The molecule has 1 aromatic carbocycles. The molecule has 0 aliphatic heterocycles. The van der Waals surface area contributed by atoms with E-state index in [9.17, 15) is 18.0 Å². The number of nitrogens with one attached hydrogen (secondary N) is 1. The Morgan fingerprint density at radius 2 is 2.06 bits per heavy atom. The van der Waals surface area contributed by atoms with E-state index in [0.29, 0.717) is 4.47 Å². The van der Waals surface area contributed by atoms with E-state index in [-0.39, 0.29) is 22.1 Å². The fourth-order valence-electron chi connectivity index (χ4n) is 1.48. The molecular formula is C11H7BrF3NO2. The first-order valence-electron chi connectivity index (χ1n) is 4.88. The molecule has 2 rings (SSSR count). The molecule has 0 unspecified atom stereocenters. The SMILES string of the molecule is O=c1c(Br)c[nH]c2c(OCC(F)(F)F)cccc12. The third-order valence-corrected chi connectivity index (χ3v) is 2.81. The first kappa shape index (κ1) is 12.9. The van der Waals surface area contributed by atoms with Gasteiger partial charge in [-0.3, -0.25) is 4.79 Å². The number of benzene rings is 1. The molecule has 96 valence electrons. The molecule has 0 amide bonds. The maximum Gasteiger partial charge on any atom is 0.422 e. The molecule has 7 heteroatoms. The van der Waals surface area contributed by atoms with Crippen LogP contribution < -0.4 is 10.2 Å². The third-order valence-electron chi connectivity index (χ3n) is 2.22. The summed E-state index contributed by atoms with van der Waals surface area (Å²) in [5, 5.41) is 0.268. The van der Waals surface area contributed by atoms with E-state index in [1.807, 2.05) is 0 Å². The Bertz CT molecular complexity index is 636. The summed E-state index contributed by atoms with van der Waals surface area (Å²) in [6.07, 6.45) is -3.05. The van der Waals surface area contributed by atoms with Crippen molar-refractivity contribution in [2.45, 2.75) is 6.18 Å². The number of rotatable bonds is 2. The summed E-state index contributed by atoms with van der Waals surface area (Å²) in [6, 6.07) is 4.35. The second-order valence-electron chi connectivity index (χ2n) is 3.55. The van der Waals surface area contributed by atoms with Crippen molar-refractivity contribution < 1.29 is 17.9 Å². The predicted octanol–water partition coefficient (Wildman–Crippen LogP) is 3.23. The minimum Gasteiger partial charge on any atom is -0.482 e. The number of H-pyrrole nitrogens is 1. The molecule has 0 saturated carbocycles. The van der Waals surface area contributed by atoms with Gasteiger partial charge in [0.2, 0.25) is 5.43 Å². The van der Waals surface area contributed by atoms with E-state index >= 15 is 0 Å². The van der Waals surface area contributed by atoms with Crippen LogP contribution in [0.4, 0.5) is 13.2 Å². The lowest BCUT2D eigenvalue weighted by atomic mass is 10.2. The highest BCUT2D eigenvalue weighted by molar-refractivity contribution is 9.10. The molecule has 0 aliphatic rings. The largest absolute Gasteiger partial charge is 0.482 e. The standard InChI is InChI=1S/C11H7BrF3NO2/c12-7-4-16-9-6(10(7)17)2-1-3-8(9)18-5-11(13,14)15/h1-4H,5H2,(H,16,17). The van der Waals surface area contributed by atoms with Crippen LogP contribution in [0.5, 0.6) is 5.75 Å². The molecule has 0 radical (unpaired) electrons. The zero-order valence-corrected chi connectivity index (χ0v) is 10.4. The highest BCUT2D eigenvalue weighted by atomic mass is 79.9. The molecule has 1 heterocycles. The molecule has 18 heavy (non-hydrogen) atoms. The minimum atomic E-state index is -4.42. The van der Waals surface area contributed by atoms with Crippen molar-refractivity contribution in [2.24, 2.45) is 0 Å². The number of aromatic amines is 1. The second-order valence-corrected chi connectivity index (χ2v) is 4.40. The molecular weight excluding hydrogens is 315 g/mol. The van der Waals surface area contributed by atoms with Gasteiger partial charge >= 0.3 is 6.18 Å². The minimum absolute atomic E-state index is 0.00516. The molecule has 0 spiro atoms. The fourth-order valence-corrected chi connectivity index (χ4v) is 1.81. The first-order chi connectivity index (χ1) is 8.38. The van der Waals surface area contributed by atoms with Crippen molar-refractivity contribution in [3.05, 3.63) is 39.1 Å². The molecule has 0 bridgehead atoms. The van der Waals surface area contributed by atoms with Gasteiger partial charge in [0, 0.05) is 6.20 Å². The topological polar surface area (TPSA) is 42.1 Å². The number of alkyl halides is 3. The van der Waals surface area contributed by atoms with Crippen molar-refractivity contribution in [3.8, 4) is 5.75 Å². The van der Waals surface area contributed by atoms with Gasteiger partial charge in [0.25, 0.3) is 0 Å². The van der Waals surface area contributed by atoms with Gasteiger partial charge in [-0.05, 0) is 28.1 Å². The Labute approximate surface area is 108 Å². The number of hydrogen-bond donors (Lipinski definition) is 1. The number of pyridine rings is 1. The predicted molar refractivity (Wildman–Crippen MR) is 63.8 cm³/mol. The molecule has 1 N–H and O–H groups in total. The Kier molecular flexibility index (Phi) is 3.34. The average Bonchev–Trinajstić information content (AvgIpc) is 2.30. The highest BCUT2D eigenvalue weighted by Gasteiger charge is 2.28. The van der Waals surface area contributed by atoms with Crippen molar-refractivity contribution in [1.82, 2.24) is 4.98 Å². The molecule has 0 aliphatic carbocycles. The fraction of sp³-hybridized carbons (Fsp3) is 0.182. The number of ether oxygens (including phenoxy) is 1. The summed E-state index contributed by atoms with van der Waals surface area (Å²) in [5.41, 5.74) is -0.0591. The van der Waals surface area contributed by atoms with Gasteiger partial charge in [0.1, 0.15) is 5.75 Å². The monoisotopic (exact) mass is 321 g/mol. The summed E-state index contributed by atoms with van der Waals surface area (Å²) < 4.78 is 41.2. The van der Waals surface area contributed by atoms with Gasteiger partial charge in [-0.1, -0.05) is 6.07 Å². The van der Waals surface area contributed by atoms with E-state index in [1.54, 1.807) is 0 Å². The van der Waals surface area contributed by atoms with Crippen LogP contribution in [-0.4, -0.2) is 17.8 Å². The van der Waals surface area contributed by atoms with Crippen LogP contribution in [-0.2, 0) is 0 Å². The van der Waals surface area contributed by atoms with E-state index in [0.717, 1.165) is 0 Å². The number of fused-ring (bicyclic) bond motifs is 1. The van der Waals surface area contributed by atoms with Crippen molar-refractivity contribution in [2.75, 3.05) is 6.61 Å². The molecule has 1 aromatic heterocycles. The van der Waals surface area contributed by atoms with E-state index in [4.69, 9.17) is 0 Å². The summed E-state index contributed by atoms with van der Waals surface area (Å²) in [7, 11) is 0. The molecule has 0 saturated heterocycles. The van der Waals surface area contributed by atoms with Gasteiger partial charge in [-0.25, -0.2) is 0 Å². The zero-order valence-electron chi connectivity index (χ0n) is 8.84. The lowest BCUT2D eigenvalue weighted by molar-refractivity contribution is -0.153. The Balaban J connectivity index is 2.47. The number of hydrogen-bond acceptors (Lipinski definition) is 2. The van der Waals surface area contributed by atoms with Crippen LogP contribution in [0.3, 0.4) is 0 Å². The first-order valence-corrected chi connectivity index (χ1v) is 5.67. The maximum atomic E-state index is 12.1. The van der Waals surface area contributed by atoms with Crippen LogP contribution in [0, 0.1) is 0 Å². The zero-order chi connectivity index (χ0) is 13.3. The Hall–Kier alpha value is -1.50. The van der Waals surface area contributed by atoms with Crippen molar-refractivity contribution in [1.29, 1.82) is 0 Å². The van der Waals surface area contributed by atoms with Crippen LogP contribution >= 0.6 is 15.9 Å². The van der Waals surface area contributed by atoms with Crippen LogP contribution in [0.15, 0.2) is 33.7 Å². The highest BCUT2D eigenvalue weighted by Crippen LogP contribution is 2.24. The van der Waals surface area contributed by atoms with E-state index in [2.05, 4.69) is 25.7 Å². The number of halogens is 4. The van der Waals surface area contributed by atoms with Gasteiger partial charge < -0.3 is 9.72 Å². The van der Waals surface area contributed by atoms with Gasteiger partial charge in [-0.2, -0.15) is 13.2 Å². The number of para-hydroxylation sites is 1. The molecule has 2 aromatic rings. The van der Waals surface area contributed by atoms with Crippen molar-refractivity contribution >= 4 is 26.8 Å². The van der Waals surface area contributed by atoms with E-state index in [1.165, 1.54) is 24.4 Å². The smallest absolute Gasteiger partial charge is 0.422 e.